The van der Waals surface area contributed by atoms with Crippen molar-refractivity contribution in [3.05, 3.63) is 34.3 Å². The fourth-order valence-corrected chi connectivity index (χ4v) is 3.16. The van der Waals surface area contributed by atoms with Gasteiger partial charge in [0.1, 0.15) is 0 Å². The highest BCUT2D eigenvalue weighted by atomic mass is 35.5. The smallest absolute Gasteiger partial charge is 0.407 e. The van der Waals surface area contributed by atoms with Gasteiger partial charge in [-0.05, 0) is 42.0 Å². The van der Waals surface area contributed by atoms with Crippen LogP contribution < -0.4 is 0 Å². The zero-order chi connectivity index (χ0) is 11.3. The van der Waals surface area contributed by atoms with Gasteiger partial charge in [-0.1, -0.05) is 17.7 Å². The predicted molar refractivity (Wildman–Crippen MR) is 60.9 cm³/mol. The number of likely N-dealkylation sites (tertiary alicyclic amines) is 1. The Balaban J connectivity index is 2.08. The maximum atomic E-state index is 11.1. The number of carbonyl (C=O) groups is 1. The average Bonchev–Trinajstić information content (AvgIpc) is 2.52. The third-order valence-electron chi connectivity index (χ3n) is 3.70. The van der Waals surface area contributed by atoms with E-state index in [1.54, 1.807) is 4.90 Å². The lowest BCUT2D eigenvalue weighted by molar-refractivity contribution is 0.109. The number of nitrogens with zero attached hydrogens (tertiary/aromatic N) is 1. The van der Waals surface area contributed by atoms with E-state index in [4.69, 9.17) is 16.7 Å². The average molecular weight is 238 g/mol. The molecule has 1 fully saturated rings. The second-order valence-electron chi connectivity index (χ2n) is 4.49. The van der Waals surface area contributed by atoms with Crippen LogP contribution in [0, 0.1) is 0 Å². The van der Waals surface area contributed by atoms with Crippen LogP contribution in [0.5, 0.6) is 0 Å². The molecule has 0 aromatic heterocycles. The molecule has 3 nitrogen and oxygen atoms in total. The number of hydrogen-bond donors (Lipinski definition) is 1. The molecule has 16 heavy (non-hydrogen) atoms. The molecule has 1 aliphatic carbocycles. The number of fused-ring (bicyclic) bond motifs is 5. The number of hydrogen-bond acceptors (Lipinski definition) is 1. The summed E-state index contributed by atoms with van der Waals surface area (Å²) in [5.41, 5.74) is 2.40. The Morgan fingerprint density at radius 3 is 3.00 bits per heavy atom. The molecule has 2 aliphatic rings. The molecule has 0 unspecified atom stereocenters. The first kappa shape index (κ1) is 9.97. The first-order valence-electron chi connectivity index (χ1n) is 5.45. The van der Waals surface area contributed by atoms with Gasteiger partial charge < -0.3 is 10.0 Å². The van der Waals surface area contributed by atoms with Crippen molar-refractivity contribution in [2.45, 2.75) is 24.8 Å². The first-order valence-corrected chi connectivity index (χ1v) is 5.83. The normalized spacial score (nSPS) is 26.7. The molecule has 1 amide bonds. The summed E-state index contributed by atoms with van der Waals surface area (Å²) < 4.78 is 0. The molecule has 1 saturated heterocycles. The van der Waals surface area contributed by atoms with Crippen molar-refractivity contribution in [2.75, 3.05) is 6.54 Å². The van der Waals surface area contributed by atoms with Crippen LogP contribution in [0.15, 0.2) is 18.2 Å². The van der Waals surface area contributed by atoms with E-state index in [0.717, 1.165) is 18.4 Å². The second-order valence-corrected chi connectivity index (χ2v) is 4.92. The Morgan fingerprint density at radius 2 is 2.25 bits per heavy atom. The molecule has 84 valence electrons. The summed E-state index contributed by atoms with van der Waals surface area (Å²) in [6, 6.07) is 5.88. The van der Waals surface area contributed by atoms with Crippen LogP contribution in [0.25, 0.3) is 0 Å². The largest absolute Gasteiger partial charge is 0.465 e. The van der Waals surface area contributed by atoms with Gasteiger partial charge >= 0.3 is 6.09 Å². The predicted octanol–water partition coefficient (Wildman–Crippen LogP) is 3.25. The van der Waals surface area contributed by atoms with Gasteiger partial charge in [0, 0.05) is 11.6 Å². The SMILES string of the molecule is O=C(O)N1CC[C@H]2C[C@@H]1c1cc(Cl)ccc12. The summed E-state index contributed by atoms with van der Waals surface area (Å²) in [5.74, 6) is 0.521. The number of amides is 1. The molecule has 4 heteroatoms. The minimum absolute atomic E-state index is 0.0185. The molecule has 0 saturated carbocycles. The standard InChI is InChI=1S/C12H12ClNO2/c13-8-1-2-9-7-3-4-14(12(15)16)11(5-7)10(9)6-8/h1-2,6-7,11H,3-5H2,(H,15,16)/t7-,11+/m0/s1. The third kappa shape index (κ3) is 1.31. The number of rotatable bonds is 0. The molecule has 3 rings (SSSR count). The van der Waals surface area contributed by atoms with E-state index in [0.29, 0.717) is 17.5 Å². The Kier molecular flexibility index (Phi) is 2.11. The van der Waals surface area contributed by atoms with Crippen molar-refractivity contribution in [1.82, 2.24) is 4.90 Å². The van der Waals surface area contributed by atoms with Gasteiger partial charge in [0.2, 0.25) is 0 Å². The maximum absolute atomic E-state index is 11.1. The fourth-order valence-electron chi connectivity index (χ4n) is 2.98. The highest BCUT2D eigenvalue weighted by Crippen LogP contribution is 2.49. The van der Waals surface area contributed by atoms with Crippen LogP contribution in [0.2, 0.25) is 5.02 Å². The summed E-state index contributed by atoms with van der Waals surface area (Å²) in [6.45, 7) is 0.636. The van der Waals surface area contributed by atoms with Crippen LogP contribution in [0.3, 0.4) is 0 Å². The lowest BCUT2D eigenvalue weighted by atomic mass is 9.96. The molecule has 1 heterocycles. The van der Waals surface area contributed by atoms with E-state index in [1.807, 2.05) is 18.2 Å². The van der Waals surface area contributed by atoms with Crippen molar-refractivity contribution < 1.29 is 9.90 Å². The van der Waals surface area contributed by atoms with Gasteiger partial charge in [0.25, 0.3) is 0 Å². The van der Waals surface area contributed by atoms with Gasteiger partial charge in [-0.25, -0.2) is 4.79 Å². The van der Waals surface area contributed by atoms with Crippen molar-refractivity contribution in [2.24, 2.45) is 0 Å². The number of piperidine rings is 1. The van der Waals surface area contributed by atoms with Crippen molar-refractivity contribution in [3.63, 3.8) is 0 Å². The lowest BCUT2D eigenvalue weighted by Gasteiger charge is -2.31. The van der Waals surface area contributed by atoms with Crippen LogP contribution in [0.4, 0.5) is 4.79 Å². The van der Waals surface area contributed by atoms with E-state index < -0.39 is 6.09 Å². The summed E-state index contributed by atoms with van der Waals surface area (Å²) in [5, 5.41) is 9.84. The van der Waals surface area contributed by atoms with E-state index in [-0.39, 0.29) is 6.04 Å². The molecule has 1 aromatic rings. The third-order valence-corrected chi connectivity index (χ3v) is 3.93. The van der Waals surface area contributed by atoms with E-state index in [1.165, 1.54) is 5.56 Å². The van der Waals surface area contributed by atoms with E-state index in [9.17, 15) is 4.79 Å². The molecular weight excluding hydrogens is 226 g/mol. The Bertz CT molecular complexity index is 460. The summed E-state index contributed by atoms with van der Waals surface area (Å²) in [6.07, 6.45) is 1.02. The van der Waals surface area contributed by atoms with Gasteiger partial charge in [0.15, 0.2) is 0 Å². The maximum Gasteiger partial charge on any atom is 0.407 e. The topological polar surface area (TPSA) is 40.5 Å². The molecule has 0 spiro atoms. The van der Waals surface area contributed by atoms with E-state index in [2.05, 4.69) is 0 Å². The highest BCUT2D eigenvalue weighted by molar-refractivity contribution is 6.30. The van der Waals surface area contributed by atoms with Crippen LogP contribution in [-0.2, 0) is 0 Å². The summed E-state index contributed by atoms with van der Waals surface area (Å²) >= 11 is 5.98. The Hall–Kier alpha value is -1.22. The Labute approximate surface area is 98.6 Å². The molecule has 0 radical (unpaired) electrons. The molecule has 1 aromatic carbocycles. The summed E-state index contributed by atoms with van der Waals surface area (Å²) in [7, 11) is 0. The number of halogens is 1. The zero-order valence-electron chi connectivity index (χ0n) is 8.69. The molecule has 1 N–H and O–H groups in total. The van der Waals surface area contributed by atoms with Gasteiger partial charge in [-0.2, -0.15) is 0 Å². The van der Waals surface area contributed by atoms with Crippen molar-refractivity contribution in [3.8, 4) is 0 Å². The van der Waals surface area contributed by atoms with Crippen LogP contribution in [-0.4, -0.2) is 22.6 Å². The highest BCUT2D eigenvalue weighted by Gasteiger charge is 2.40. The van der Waals surface area contributed by atoms with Crippen molar-refractivity contribution in [1.29, 1.82) is 0 Å². The van der Waals surface area contributed by atoms with Crippen molar-refractivity contribution >= 4 is 17.7 Å². The van der Waals surface area contributed by atoms with Gasteiger partial charge in [0.05, 0.1) is 6.04 Å². The fraction of sp³-hybridized carbons (Fsp3) is 0.417. The molecule has 2 bridgehead atoms. The van der Waals surface area contributed by atoms with Gasteiger partial charge in [-0.3, -0.25) is 0 Å². The monoisotopic (exact) mass is 237 g/mol. The lowest BCUT2D eigenvalue weighted by Crippen LogP contribution is -2.36. The van der Waals surface area contributed by atoms with Crippen LogP contribution >= 0.6 is 11.6 Å². The number of benzene rings is 1. The summed E-state index contributed by atoms with van der Waals surface area (Å²) in [4.78, 5) is 12.7. The number of carboxylic acid groups (broad SMARTS) is 1. The minimum atomic E-state index is -0.823. The van der Waals surface area contributed by atoms with E-state index >= 15 is 0 Å². The Morgan fingerprint density at radius 1 is 1.44 bits per heavy atom. The minimum Gasteiger partial charge on any atom is -0.465 e. The van der Waals surface area contributed by atoms with Crippen LogP contribution in [0.1, 0.15) is 35.9 Å². The second kappa shape index (κ2) is 3.39. The molecular formula is C12H12ClNO2. The molecule has 2 atom stereocenters. The molecule has 1 aliphatic heterocycles. The van der Waals surface area contributed by atoms with Gasteiger partial charge in [-0.15, -0.1) is 0 Å². The first-order chi connectivity index (χ1) is 7.66. The zero-order valence-corrected chi connectivity index (χ0v) is 9.44. The quantitative estimate of drug-likeness (QED) is 0.753.